The summed E-state index contributed by atoms with van der Waals surface area (Å²) in [5, 5.41) is 9.21. The van der Waals surface area contributed by atoms with Crippen molar-refractivity contribution in [1.29, 1.82) is 0 Å². The van der Waals surface area contributed by atoms with E-state index >= 15 is 0 Å². The number of aliphatic carboxylic acids is 1. The first-order valence-electron chi connectivity index (χ1n) is 7.00. The van der Waals surface area contributed by atoms with E-state index in [-0.39, 0.29) is 12.6 Å². The third-order valence-electron chi connectivity index (χ3n) is 3.67. The van der Waals surface area contributed by atoms with Gasteiger partial charge in [0.2, 0.25) is 0 Å². The summed E-state index contributed by atoms with van der Waals surface area (Å²) in [5.74, 6) is 0.830. The van der Waals surface area contributed by atoms with Crippen LogP contribution in [0.2, 0.25) is 0 Å². The van der Waals surface area contributed by atoms with Gasteiger partial charge >= 0.3 is 5.97 Å². The van der Waals surface area contributed by atoms with Crippen molar-refractivity contribution >= 4 is 11.7 Å². The second-order valence-corrected chi connectivity index (χ2v) is 5.40. The maximum Gasteiger partial charge on any atom is 0.323 e. The van der Waals surface area contributed by atoms with E-state index in [1.54, 1.807) is 0 Å². The standard InChI is InChI=1S/C17H21NO3/c1-11-5-7-15(8-6-11)18(10-17(19)20)13(3)16-9-12(2)21-14(16)4/h5-9,13H,10H2,1-4H3,(H,19,20). The molecule has 0 amide bonds. The van der Waals surface area contributed by atoms with Crippen LogP contribution in [-0.2, 0) is 4.79 Å². The minimum Gasteiger partial charge on any atom is -0.480 e. The van der Waals surface area contributed by atoms with Crippen molar-refractivity contribution in [2.75, 3.05) is 11.4 Å². The Morgan fingerprint density at radius 3 is 2.33 bits per heavy atom. The fourth-order valence-corrected chi connectivity index (χ4v) is 2.57. The summed E-state index contributed by atoms with van der Waals surface area (Å²) < 4.78 is 5.57. The lowest BCUT2D eigenvalue weighted by Crippen LogP contribution is -2.32. The summed E-state index contributed by atoms with van der Waals surface area (Å²) in [4.78, 5) is 13.1. The van der Waals surface area contributed by atoms with Crippen molar-refractivity contribution < 1.29 is 14.3 Å². The van der Waals surface area contributed by atoms with Crippen LogP contribution < -0.4 is 4.90 Å². The summed E-state index contributed by atoms with van der Waals surface area (Å²) in [6.45, 7) is 7.77. The average Bonchev–Trinajstić information content (AvgIpc) is 2.75. The molecular weight excluding hydrogens is 266 g/mol. The Labute approximate surface area is 125 Å². The number of anilines is 1. The van der Waals surface area contributed by atoms with E-state index < -0.39 is 5.97 Å². The lowest BCUT2D eigenvalue weighted by Gasteiger charge is -2.29. The van der Waals surface area contributed by atoms with E-state index in [1.807, 2.05) is 62.9 Å². The Morgan fingerprint density at radius 1 is 1.24 bits per heavy atom. The van der Waals surface area contributed by atoms with Gasteiger partial charge in [0.15, 0.2) is 0 Å². The van der Waals surface area contributed by atoms with Crippen LogP contribution in [0.15, 0.2) is 34.7 Å². The van der Waals surface area contributed by atoms with Crippen LogP contribution in [0.25, 0.3) is 0 Å². The molecular formula is C17H21NO3. The van der Waals surface area contributed by atoms with Gasteiger partial charge in [-0.15, -0.1) is 0 Å². The van der Waals surface area contributed by atoms with Crippen molar-refractivity contribution in [3.8, 4) is 0 Å². The van der Waals surface area contributed by atoms with Crippen molar-refractivity contribution in [1.82, 2.24) is 0 Å². The van der Waals surface area contributed by atoms with Gasteiger partial charge in [0.05, 0.1) is 6.04 Å². The van der Waals surface area contributed by atoms with Crippen molar-refractivity contribution in [3.05, 3.63) is 53.0 Å². The Bertz CT molecular complexity index is 628. The third kappa shape index (κ3) is 3.45. The highest BCUT2D eigenvalue weighted by molar-refractivity contribution is 5.74. The SMILES string of the molecule is Cc1ccc(N(CC(=O)O)C(C)c2cc(C)oc2C)cc1. The van der Waals surface area contributed by atoms with Crippen molar-refractivity contribution in [2.45, 2.75) is 33.7 Å². The zero-order chi connectivity index (χ0) is 15.6. The van der Waals surface area contributed by atoms with Gasteiger partial charge in [-0.1, -0.05) is 17.7 Å². The first-order chi connectivity index (χ1) is 9.88. The molecule has 0 fully saturated rings. The quantitative estimate of drug-likeness (QED) is 0.907. The molecule has 0 aliphatic carbocycles. The number of carboxylic acids is 1. The number of nitrogens with zero attached hydrogens (tertiary/aromatic N) is 1. The molecule has 21 heavy (non-hydrogen) atoms. The van der Waals surface area contributed by atoms with Crippen molar-refractivity contribution in [2.24, 2.45) is 0 Å². The van der Waals surface area contributed by atoms with Gasteiger partial charge in [-0.05, 0) is 45.9 Å². The molecule has 1 unspecified atom stereocenters. The minimum absolute atomic E-state index is 0.0477. The van der Waals surface area contributed by atoms with Gasteiger partial charge in [0.25, 0.3) is 0 Å². The van der Waals surface area contributed by atoms with Gasteiger partial charge in [-0.2, -0.15) is 0 Å². The Balaban J connectivity index is 2.37. The first kappa shape index (κ1) is 15.2. The lowest BCUT2D eigenvalue weighted by atomic mass is 10.1. The maximum atomic E-state index is 11.2. The molecule has 0 spiro atoms. The third-order valence-corrected chi connectivity index (χ3v) is 3.67. The zero-order valence-electron chi connectivity index (χ0n) is 12.9. The molecule has 1 heterocycles. The highest BCUT2D eigenvalue weighted by atomic mass is 16.4. The summed E-state index contributed by atoms with van der Waals surface area (Å²) in [6.07, 6.45) is 0. The van der Waals surface area contributed by atoms with E-state index in [0.29, 0.717) is 0 Å². The number of furan rings is 1. The van der Waals surface area contributed by atoms with Crippen LogP contribution in [0.1, 0.15) is 35.6 Å². The average molecular weight is 287 g/mol. The van der Waals surface area contributed by atoms with Gasteiger partial charge in [-0.3, -0.25) is 4.79 Å². The van der Waals surface area contributed by atoms with Crippen LogP contribution in [0.5, 0.6) is 0 Å². The molecule has 0 saturated carbocycles. The number of aryl methyl sites for hydroxylation is 3. The second kappa shape index (κ2) is 6.04. The van der Waals surface area contributed by atoms with Crippen LogP contribution in [0, 0.1) is 20.8 Å². The molecule has 1 aromatic heterocycles. The molecule has 4 nitrogen and oxygen atoms in total. The number of hydrogen-bond acceptors (Lipinski definition) is 3. The number of rotatable bonds is 5. The van der Waals surface area contributed by atoms with Gasteiger partial charge in [0, 0.05) is 11.3 Å². The molecule has 0 saturated heterocycles. The molecule has 0 aliphatic rings. The zero-order valence-corrected chi connectivity index (χ0v) is 12.9. The topological polar surface area (TPSA) is 53.7 Å². The predicted molar refractivity (Wildman–Crippen MR) is 82.8 cm³/mol. The van der Waals surface area contributed by atoms with E-state index in [9.17, 15) is 9.90 Å². The lowest BCUT2D eigenvalue weighted by molar-refractivity contribution is -0.135. The Hall–Kier alpha value is -2.23. The molecule has 0 bridgehead atoms. The monoisotopic (exact) mass is 287 g/mol. The minimum atomic E-state index is -0.847. The highest BCUT2D eigenvalue weighted by Gasteiger charge is 2.22. The van der Waals surface area contributed by atoms with Crippen LogP contribution in [-0.4, -0.2) is 17.6 Å². The molecule has 2 rings (SSSR count). The largest absolute Gasteiger partial charge is 0.480 e. The Kier molecular flexibility index (Phi) is 4.36. The molecule has 2 aromatic rings. The fraction of sp³-hybridized carbons (Fsp3) is 0.353. The van der Waals surface area contributed by atoms with E-state index in [1.165, 1.54) is 0 Å². The molecule has 4 heteroatoms. The van der Waals surface area contributed by atoms with E-state index in [2.05, 4.69) is 0 Å². The predicted octanol–water partition coefficient (Wildman–Crippen LogP) is 3.86. The summed E-state index contributed by atoms with van der Waals surface area (Å²) in [5.41, 5.74) is 3.07. The van der Waals surface area contributed by atoms with Gasteiger partial charge in [-0.25, -0.2) is 0 Å². The second-order valence-electron chi connectivity index (χ2n) is 5.40. The Morgan fingerprint density at radius 2 is 1.86 bits per heavy atom. The van der Waals surface area contributed by atoms with Gasteiger partial charge in [0.1, 0.15) is 18.1 Å². The number of carbonyl (C=O) groups is 1. The summed E-state index contributed by atoms with van der Waals surface area (Å²) >= 11 is 0. The highest BCUT2D eigenvalue weighted by Crippen LogP contribution is 2.30. The molecule has 0 radical (unpaired) electrons. The molecule has 0 aliphatic heterocycles. The van der Waals surface area contributed by atoms with Crippen LogP contribution in [0.4, 0.5) is 5.69 Å². The number of carboxylic acid groups (broad SMARTS) is 1. The molecule has 1 N–H and O–H groups in total. The fourth-order valence-electron chi connectivity index (χ4n) is 2.57. The van der Waals surface area contributed by atoms with Crippen LogP contribution in [0.3, 0.4) is 0 Å². The van der Waals surface area contributed by atoms with Crippen LogP contribution >= 0.6 is 0 Å². The normalized spacial score (nSPS) is 12.2. The number of benzene rings is 1. The molecule has 1 aromatic carbocycles. The summed E-state index contributed by atoms with van der Waals surface area (Å²) in [7, 11) is 0. The molecule has 112 valence electrons. The van der Waals surface area contributed by atoms with Crippen molar-refractivity contribution in [3.63, 3.8) is 0 Å². The molecule has 1 atom stereocenters. The van der Waals surface area contributed by atoms with E-state index in [0.717, 1.165) is 28.3 Å². The van der Waals surface area contributed by atoms with E-state index in [4.69, 9.17) is 4.42 Å². The smallest absolute Gasteiger partial charge is 0.323 e. The first-order valence-corrected chi connectivity index (χ1v) is 7.00. The van der Waals surface area contributed by atoms with Gasteiger partial charge < -0.3 is 14.4 Å². The summed E-state index contributed by atoms with van der Waals surface area (Å²) in [6, 6.07) is 9.80. The number of hydrogen-bond donors (Lipinski definition) is 1. The maximum absolute atomic E-state index is 11.2.